The predicted octanol–water partition coefficient (Wildman–Crippen LogP) is 5.12. The molecule has 2 aromatic carbocycles. The monoisotopic (exact) mass is 373 g/mol. The van der Waals surface area contributed by atoms with Gasteiger partial charge in [-0.3, -0.25) is 4.79 Å². The molecule has 0 radical (unpaired) electrons. The standard InChI is InChI=1S/C22H15NO5/c24-21(27-13-16-11-20(28-23-16)18-6-3-9-25-18)10-15-12-26-19-8-7-14-4-1-2-5-17(14)22(15)19/h1-9,11-12H,10,13H2. The second-order valence-electron chi connectivity index (χ2n) is 6.42. The molecular formula is C22H15NO5. The number of carbonyl (C=O) groups is 1. The minimum Gasteiger partial charge on any atom is -0.464 e. The van der Waals surface area contributed by atoms with E-state index in [9.17, 15) is 4.79 Å². The molecule has 5 aromatic rings. The lowest BCUT2D eigenvalue weighted by molar-refractivity contribution is -0.144. The fourth-order valence-electron chi connectivity index (χ4n) is 3.28. The zero-order chi connectivity index (χ0) is 18.9. The molecular weight excluding hydrogens is 358 g/mol. The van der Waals surface area contributed by atoms with Crippen LogP contribution in [-0.2, 0) is 22.6 Å². The number of fused-ring (bicyclic) bond motifs is 3. The van der Waals surface area contributed by atoms with Gasteiger partial charge in [-0.2, -0.15) is 0 Å². The van der Waals surface area contributed by atoms with Crippen molar-refractivity contribution in [3.8, 4) is 11.5 Å². The van der Waals surface area contributed by atoms with Crippen molar-refractivity contribution in [1.29, 1.82) is 0 Å². The molecule has 6 nitrogen and oxygen atoms in total. The number of furan rings is 2. The molecule has 0 aliphatic rings. The summed E-state index contributed by atoms with van der Waals surface area (Å²) in [4.78, 5) is 12.4. The number of hydrogen-bond donors (Lipinski definition) is 0. The summed E-state index contributed by atoms with van der Waals surface area (Å²) < 4.78 is 21.4. The van der Waals surface area contributed by atoms with Crippen LogP contribution >= 0.6 is 0 Å². The third kappa shape index (κ3) is 2.95. The summed E-state index contributed by atoms with van der Waals surface area (Å²) in [6.45, 7) is 0.0274. The van der Waals surface area contributed by atoms with Gasteiger partial charge in [0.15, 0.2) is 5.76 Å². The van der Waals surface area contributed by atoms with Gasteiger partial charge in [-0.15, -0.1) is 0 Å². The van der Waals surface area contributed by atoms with E-state index in [4.69, 9.17) is 18.1 Å². The van der Waals surface area contributed by atoms with E-state index in [2.05, 4.69) is 5.16 Å². The minimum atomic E-state index is -0.363. The molecule has 0 bridgehead atoms. The summed E-state index contributed by atoms with van der Waals surface area (Å²) >= 11 is 0. The average Bonchev–Trinajstić information content (AvgIpc) is 3.47. The lowest BCUT2D eigenvalue weighted by Crippen LogP contribution is -2.07. The summed E-state index contributed by atoms with van der Waals surface area (Å²) in [5.41, 5.74) is 2.07. The van der Waals surface area contributed by atoms with Crippen molar-refractivity contribution in [2.75, 3.05) is 0 Å². The van der Waals surface area contributed by atoms with Gasteiger partial charge in [-0.1, -0.05) is 35.5 Å². The number of aromatic nitrogens is 1. The van der Waals surface area contributed by atoms with Gasteiger partial charge in [0.05, 0.1) is 18.9 Å². The van der Waals surface area contributed by atoms with E-state index < -0.39 is 0 Å². The molecule has 0 aliphatic heterocycles. The van der Waals surface area contributed by atoms with Crippen LogP contribution in [0.1, 0.15) is 11.3 Å². The molecule has 3 heterocycles. The number of carbonyl (C=O) groups excluding carboxylic acids is 1. The highest BCUT2D eigenvalue weighted by molar-refractivity contribution is 6.08. The Labute approximate surface area is 159 Å². The Morgan fingerprint density at radius 1 is 1.00 bits per heavy atom. The maximum Gasteiger partial charge on any atom is 0.310 e. The number of benzene rings is 2. The summed E-state index contributed by atoms with van der Waals surface area (Å²) in [7, 11) is 0. The van der Waals surface area contributed by atoms with Gasteiger partial charge in [0.1, 0.15) is 17.9 Å². The van der Waals surface area contributed by atoms with Crippen LogP contribution in [-0.4, -0.2) is 11.1 Å². The lowest BCUT2D eigenvalue weighted by Gasteiger charge is -2.03. The molecule has 3 aromatic heterocycles. The molecule has 6 heteroatoms. The maximum atomic E-state index is 12.4. The molecule has 28 heavy (non-hydrogen) atoms. The Kier molecular flexibility index (Phi) is 3.94. The van der Waals surface area contributed by atoms with Crippen LogP contribution in [0.4, 0.5) is 0 Å². The Morgan fingerprint density at radius 2 is 1.93 bits per heavy atom. The van der Waals surface area contributed by atoms with Crippen molar-refractivity contribution in [2.24, 2.45) is 0 Å². The second kappa shape index (κ2) is 6.74. The molecule has 0 fully saturated rings. The van der Waals surface area contributed by atoms with E-state index >= 15 is 0 Å². The number of hydrogen-bond acceptors (Lipinski definition) is 6. The van der Waals surface area contributed by atoms with Crippen LogP contribution in [0.5, 0.6) is 0 Å². The van der Waals surface area contributed by atoms with Crippen molar-refractivity contribution in [1.82, 2.24) is 5.16 Å². The third-order valence-electron chi connectivity index (χ3n) is 4.58. The first-order chi connectivity index (χ1) is 13.8. The van der Waals surface area contributed by atoms with Crippen LogP contribution in [0, 0.1) is 0 Å². The fourth-order valence-corrected chi connectivity index (χ4v) is 3.28. The maximum absolute atomic E-state index is 12.4. The smallest absolute Gasteiger partial charge is 0.310 e. The molecule has 0 unspecified atom stereocenters. The molecule has 5 rings (SSSR count). The fraction of sp³-hybridized carbons (Fsp3) is 0.0909. The molecule has 0 atom stereocenters. The van der Waals surface area contributed by atoms with Crippen molar-refractivity contribution in [3.05, 3.63) is 78.4 Å². The van der Waals surface area contributed by atoms with Gasteiger partial charge >= 0.3 is 5.97 Å². The zero-order valence-corrected chi connectivity index (χ0v) is 14.8. The predicted molar refractivity (Wildman–Crippen MR) is 101 cm³/mol. The van der Waals surface area contributed by atoms with E-state index in [1.165, 1.54) is 0 Å². The summed E-state index contributed by atoms with van der Waals surface area (Å²) in [5.74, 6) is 0.698. The largest absolute Gasteiger partial charge is 0.464 e. The van der Waals surface area contributed by atoms with Gasteiger partial charge in [-0.05, 0) is 29.0 Å². The first-order valence-corrected chi connectivity index (χ1v) is 8.81. The zero-order valence-electron chi connectivity index (χ0n) is 14.8. The van der Waals surface area contributed by atoms with E-state index in [0.29, 0.717) is 17.2 Å². The van der Waals surface area contributed by atoms with Crippen molar-refractivity contribution < 1.29 is 22.9 Å². The second-order valence-corrected chi connectivity index (χ2v) is 6.42. The molecule has 0 spiro atoms. The van der Waals surface area contributed by atoms with Crippen LogP contribution < -0.4 is 0 Å². The van der Waals surface area contributed by atoms with E-state index in [-0.39, 0.29) is 19.0 Å². The molecule has 0 aliphatic carbocycles. The molecule has 0 saturated heterocycles. The highest BCUT2D eigenvalue weighted by atomic mass is 16.5. The highest BCUT2D eigenvalue weighted by Gasteiger charge is 2.15. The highest BCUT2D eigenvalue weighted by Crippen LogP contribution is 2.30. The van der Waals surface area contributed by atoms with Gasteiger partial charge in [0, 0.05) is 17.0 Å². The van der Waals surface area contributed by atoms with Gasteiger partial charge in [0.25, 0.3) is 0 Å². The number of nitrogens with zero attached hydrogens (tertiary/aromatic N) is 1. The molecule has 0 amide bonds. The Morgan fingerprint density at radius 3 is 2.82 bits per heavy atom. The average molecular weight is 373 g/mol. The van der Waals surface area contributed by atoms with Crippen molar-refractivity contribution in [3.63, 3.8) is 0 Å². The quantitative estimate of drug-likeness (QED) is 0.398. The van der Waals surface area contributed by atoms with Gasteiger partial charge in [-0.25, -0.2) is 0 Å². The normalized spacial score (nSPS) is 11.3. The summed E-state index contributed by atoms with van der Waals surface area (Å²) in [6, 6.07) is 17.1. The Balaban J connectivity index is 1.32. The first-order valence-electron chi connectivity index (χ1n) is 8.81. The number of esters is 1. The van der Waals surface area contributed by atoms with E-state index in [1.807, 2.05) is 36.4 Å². The summed E-state index contributed by atoms with van der Waals surface area (Å²) in [5, 5.41) is 6.99. The first kappa shape index (κ1) is 16.4. The van der Waals surface area contributed by atoms with E-state index in [1.54, 1.807) is 30.7 Å². The molecule has 0 N–H and O–H groups in total. The number of ether oxygens (including phenoxy) is 1. The third-order valence-corrected chi connectivity index (χ3v) is 4.58. The van der Waals surface area contributed by atoms with Crippen LogP contribution in [0.3, 0.4) is 0 Å². The van der Waals surface area contributed by atoms with Gasteiger partial charge in [0.2, 0.25) is 5.76 Å². The Bertz CT molecular complexity index is 1260. The molecule has 0 saturated carbocycles. The van der Waals surface area contributed by atoms with Crippen molar-refractivity contribution >= 4 is 27.7 Å². The number of rotatable bonds is 5. The van der Waals surface area contributed by atoms with Crippen LogP contribution in [0.15, 0.2) is 80.5 Å². The minimum absolute atomic E-state index is 0.0274. The van der Waals surface area contributed by atoms with E-state index in [0.717, 1.165) is 27.3 Å². The Hall–Kier alpha value is -3.80. The van der Waals surface area contributed by atoms with Crippen LogP contribution in [0.2, 0.25) is 0 Å². The summed E-state index contributed by atoms with van der Waals surface area (Å²) in [6.07, 6.45) is 3.28. The van der Waals surface area contributed by atoms with Crippen LogP contribution in [0.25, 0.3) is 33.3 Å². The van der Waals surface area contributed by atoms with Gasteiger partial charge < -0.3 is 18.1 Å². The lowest BCUT2D eigenvalue weighted by atomic mass is 10.0. The van der Waals surface area contributed by atoms with Crippen molar-refractivity contribution in [2.45, 2.75) is 13.0 Å². The SMILES string of the molecule is O=C(Cc1coc2ccc3ccccc3c12)OCc1cc(-c2ccco2)on1. The topological polar surface area (TPSA) is 78.6 Å². The molecule has 138 valence electrons.